The number of hydrogen-bond acceptors (Lipinski definition) is 6. The van der Waals surface area contributed by atoms with Crippen LogP contribution in [-0.2, 0) is 13.5 Å². The number of anilines is 2. The minimum Gasteiger partial charge on any atom is -0.490 e. The lowest BCUT2D eigenvalue weighted by Crippen LogP contribution is -2.07. The number of benzene rings is 2. The molecule has 3 N–H and O–H groups in total. The van der Waals surface area contributed by atoms with E-state index in [9.17, 15) is 4.79 Å². The Morgan fingerprint density at radius 2 is 1.97 bits per heavy atom. The Labute approximate surface area is 200 Å². The summed E-state index contributed by atoms with van der Waals surface area (Å²) >= 11 is 0. The van der Waals surface area contributed by atoms with Gasteiger partial charge in [-0.25, -0.2) is 0 Å². The molecular weight excluding hydrogens is 440 g/mol. The molecule has 0 saturated heterocycles. The first kappa shape index (κ1) is 24.6. The van der Waals surface area contributed by atoms with Crippen LogP contribution >= 0.6 is 12.4 Å². The molecule has 1 heterocycles. The first-order chi connectivity index (χ1) is 15.5. The van der Waals surface area contributed by atoms with Gasteiger partial charge < -0.3 is 20.5 Å². The summed E-state index contributed by atoms with van der Waals surface area (Å²) in [5.74, 6) is 2.40. The first-order valence-electron chi connectivity index (χ1n) is 11.1. The second kappa shape index (κ2) is 10.7. The van der Waals surface area contributed by atoms with Crippen LogP contribution < -0.4 is 20.5 Å². The number of ether oxygens (including phenoxy) is 2. The van der Waals surface area contributed by atoms with Crippen molar-refractivity contribution in [1.29, 1.82) is 0 Å². The third-order valence-electron chi connectivity index (χ3n) is 5.61. The van der Waals surface area contributed by atoms with Crippen LogP contribution in [0.5, 0.6) is 11.5 Å². The topological polar surface area (TPSA) is 91.4 Å². The number of carbonyl (C=O) groups excluding carboxylic acids is 1. The number of nitrogens with one attached hydrogen (secondary N) is 1. The Hall–Kier alpha value is -3.03. The Bertz CT molecular complexity index is 1140. The van der Waals surface area contributed by atoms with Crippen molar-refractivity contribution in [2.45, 2.75) is 33.1 Å². The third kappa shape index (κ3) is 4.99. The van der Waals surface area contributed by atoms with Crippen molar-refractivity contribution in [1.82, 2.24) is 9.78 Å². The van der Waals surface area contributed by atoms with Crippen molar-refractivity contribution in [2.75, 3.05) is 25.1 Å². The quantitative estimate of drug-likeness (QED) is 0.253. The maximum absolute atomic E-state index is 12.1. The molecule has 0 saturated carbocycles. The van der Waals surface area contributed by atoms with E-state index >= 15 is 0 Å². The molecule has 0 unspecified atom stereocenters. The molecule has 0 amide bonds. The van der Waals surface area contributed by atoms with Crippen LogP contribution in [0.15, 0.2) is 36.4 Å². The summed E-state index contributed by atoms with van der Waals surface area (Å²) in [7, 11) is 1.95. The molecule has 3 aromatic rings. The molecule has 0 atom stereocenters. The molecule has 0 fully saturated rings. The predicted molar refractivity (Wildman–Crippen MR) is 133 cm³/mol. The standard InChI is InChI=1S/C25H30N4O3.ClH/c1-4-21(30)16-8-6-9-18(12-16)27-25-20-13-17-14-22(31-5-2)23(32-11-7-10-26)15-19(17)24(20)29(3)28-25;/h6,8-9,12,14-15H,4-5,7,10-11,13,26H2,1-3H3,(H,27,28);1H. The molecule has 0 radical (unpaired) electrons. The fourth-order valence-corrected chi connectivity index (χ4v) is 4.09. The Kier molecular flexibility index (Phi) is 8.00. The average molecular weight is 471 g/mol. The molecule has 0 spiro atoms. The Morgan fingerprint density at radius 3 is 2.70 bits per heavy atom. The number of rotatable bonds is 10. The zero-order valence-corrected chi connectivity index (χ0v) is 20.1. The van der Waals surface area contributed by atoms with E-state index in [2.05, 4.69) is 17.4 Å². The predicted octanol–water partition coefficient (Wildman–Crippen LogP) is 4.88. The minimum atomic E-state index is 0. The summed E-state index contributed by atoms with van der Waals surface area (Å²) in [6, 6.07) is 11.7. The lowest BCUT2D eigenvalue weighted by molar-refractivity contribution is 0.0988. The number of ketones is 1. The molecule has 7 nitrogen and oxygen atoms in total. The highest BCUT2D eigenvalue weighted by Crippen LogP contribution is 2.45. The number of aryl methyl sites for hydroxylation is 1. The van der Waals surface area contributed by atoms with E-state index in [4.69, 9.17) is 20.3 Å². The van der Waals surface area contributed by atoms with Gasteiger partial charge in [0.15, 0.2) is 23.1 Å². The molecule has 0 aliphatic heterocycles. The number of fused-ring (bicyclic) bond motifs is 3. The highest BCUT2D eigenvalue weighted by Gasteiger charge is 2.29. The van der Waals surface area contributed by atoms with E-state index in [1.807, 2.05) is 49.8 Å². The summed E-state index contributed by atoms with van der Waals surface area (Å²) < 4.78 is 13.7. The zero-order valence-electron chi connectivity index (χ0n) is 19.3. The summed E-state index contributed by atoms with van der Waals surface area (Å²) in [6.45, 7) is 5.54. The van der Waals surface area contributed by atoms with Crippen LogP contribution in [0.3, 0.4) is 0 Å². The number of nitrogens with two attached hydrogens (primary N) is 1. The molecule has 33 heavy (non-hydrogen) atoms. The van der Waals surface area contributed by atoms with Gasteiger partial charge in [0.05, 0.1) is 18.9 Å². The molecule has 1 aliphatic rings. The Morgan fingerprint density at radius 1 is 1.18 bits per heavy atom. The summed E-state index contributed by atoms with van der Waals surface area (Å²) in [6.07, 6.45) is 2.01. The average Bonchev–Trinajstić information content (AvgIpc) is 3.31. The van der Waals surface area contributed by atoms with Gasteiger partial charge in [0, 0.05) is 42.3 Å². The maximum atomic E-state index is 12.1. The van der Waals surface area contributed by atoms with Crippen LogP contribution in [0.25, 0.3) is 11.3 Å². The van der Waals surface area contributed by atoms with Crippen LogP contribution in [0.2, 0.25) is 0 Å². The van der Waals surface area contributed by atoms with Crippen molar-refractivity contribution in [3.8, 4) is 22.8 Å². The van der Waals surface area contributed by atoms with Crippen molar-refractivity contribution in [3.63, 3.8) is 0 Å². The molecule has 4 rings (SSSR count). The number of aromatic nitrogens is 2. The van der Waals surface area contributed by atoms with Crippen LogP contribution in [0.4, 0.5) is 11.5 Å². The van der Waals surface area contributed by atoms with E-state index in [-0.39, 0.29) is 18.2 Å². The summed E-state index contributed by atoms with van der Waals surface area (Å²) in [5, 5.41) is 8.13. The van der Waals surface area contributed by atoms with Crippen LogP contribution in [0.1, 0.15) is 48.2 Å². The van der Waals surface area contributed by atoms with E-state index in [1.165, 1.54) is 5.56 Å². The SMILES string of the molecule is CCOc1cc2c(cc1OCCCN)-c1c(c(Nc3cccc(C(=O)CC)c3)nn1C)C2.Cl. The lowest BCUT2D eigenvalue weighted by Gasteiger charge is -2.14. The second-order valence-electron chi connectivity index (χ2n) is 7.84. The number of carbonyl (C=O) groups is 1. The minimum absolute atomic E-state index is 0. The van der Waals surface area contributed by atoms with Gasteiger partial charge in [0.25, 0.3) is 0 Å². The fraction of sp³-hybridized carbons (Fsp3) is 0.360. The maximum Gasteiger partial charge on any atom is 0.162 e. The third-order valence-corrected chi connectivity index (χ3v) is 5.61. The molecule has 2 aromatic carbocycles. The normalized spacial score (nSPS) is 11.4. The van der Waals surface area contributed by atoms with Gasteiger partial charge in [-0.1, -0.05) is 19.1 Å². The number of hydrogen-bond donors (Lipinski definition) is 2. The monoisotopic (exact) mass is 470 g/mol. The lowest BCUT2D eigenvalue weighted by atomic mass is 10.1. The molecule has 176 valence electrons. The van der Waals surface area contributed by atoms with Crippen molar-refractivity contribution < 1.29 is 14.3 Å². The molecule has 1 aromatic heterocycles. The van der Waals surface area contributed by atoms with Gasteiger partial charge in [-0.3, -0.25) is 9.48 Å². The van der Waals surface area contributed by atoms with Gasteiger partial charge in [-0.15, -0.1) is 12.4 Å². The highest BCUT2D eigenvalue weighted by molar-refractivity contribution is 5.97. The van der Waals surface area contributed by atoms with Gasteiger partial charge in [0.2, 0.25) is 0 Å². The molecule has 1 aliphatic carbocycles. The van der Waals surface area contributed by atoms with E-state index in [0.717, 1.165) is 52.7 Å². The van der Waals surface area contributed by atoms with E-state index in [1.54, 1.807) is 0 Å². The summed E-state index contributed by atoms with van der Waals surface area (Å²) in [4.78, 5) is 12.1. The number of nitrogens with zero attached hydrogens (tertiary/aromatic N) is 2. The zero-order chi connectivity index (χ0) is 22.7. The number of Topliss-reactive ketones (excluding diaryl/α,β-unsaturated/α-hetero) is 1. The van der Waals surface area contributed by atoms with Gasteiger partial charge in [0.1, 0.15) is 0 Å². The molecular formula is C25H31ClN4O3. The number of halogens is 1. The van der Waals surface area contributed by atoms with Crippen LogP contribution in [-0.4, -0.2) is 35.3 Å². The van der Waals surface area contributed by atoms with Crippen molar-refractivity contribution >= 4 is 29.7 Å². The van der Waals surface area contributed by atoms with E-state index in [0.29, 0.717) is 31.7 Å². The Balaban J connectivity index is 0.00000306. The van der Waals surface area contributed by atoms with Gasteiger partial charge in [-0.2, -0.15) is 5.10 Å². The van der Waals surface area contributed by atoms with E-state index < -0.39 is 0 Å². The summed E-state index contributed by atoms with van der Waals surface area (Å²) in [5.41, 5.74) is 11.6. The van der Waals surface area contributed by atoms with Crippen molar-refractivity contribution in [3.05, 3.63) is 53.1 Å². The molecule has 8 heteroatoms. The first-order valence-corrected chi connectivity index (χ1v) is 11.1. The highest BCUT2D eigenvalue weighted by atomic mass is 35.5. The molecule has 0 bridgehead atoms. The van der Waals surface area contributed by atoms with Gasteiger partial charge in [-0.05, 0) is 49.7 Å². The fourth-order valence-electron chi connectivity index (χ4n) is 4.09. The van der Waals surface area contributed by atoms with Crippen LogP contribution in [0, 0.1) is 0 Å². The smallest absolute Gasteiger partial charge is 0.162 e. The van der Waals surface area contributed by atoms with Gasteiger partial charge >= 0.3 is 0 Å². The van der Waals surface area contributed by atoms with Crippen molar-refractivity contribution in [2.24, 2.45) is 12.8 Å². The largest absolute Gasteiger partial charge is 0.490 e. The second-order valence-corrected chi connectivity index (χ2v) is 7.84.